The first-order valence-corrected chi connectivity index (χ1v) is 5.86. The highest BCUT2D eigenvalue weighted by atomic mass is 16.3. The fraction of sp³-hybridized carbons (Fsp3) is 0.800. The lowest BCUT2D eigenvalue weighted by Crippen LogP contribution is -2.28. The average Bonchev–Trinajstić information content (AvgIpc) is 2.96. The molecule has 0 unspecified atom stereocenters. The summed E-state index contributed by atoms with van der Waals surface area (Å²) in [4.78, 5) is 23.6. The van der Waals surface area contributed by atoms with Crippen LogP contribution in [-0.4, -0.2) is 42.2 Å². The smallest absolute Gasteiger partial charge is 0.220 e. The average molecular weight is 255 g/mol. The Labute approximate surface area is 104 Å². The Bertz CT molecular complexity index is 353. The van der Waals surface area contributed by atoms with Gasteiger partial charge >= 0.3 is 0 Å². The number of azide groups is 1. The molecule has 0 spiro atoms. The lowest BCUT2D eigenvalue weighted by molar-refractivity contribution is -0.120. The van der Waals surface area contributed by atoms with Gasteiger partial charge in [0, 0.05) is 30.3 Å². The summed E-state index contributed by atoms with van der Waals surface area (Å²) in [6.45, 7) is 0.452. The van der Waals surface area contributed by atoms with Crippen LogP contribution < -0.4 is 10.6 Å². The number of hydrogen-bond acceptors (Lipinski definition) is 4. The number of carbonyl (C=O) groups excluding carboxylic acids is 2. The van der Waals surface area contributed by atoms with Gasteiger partial charge in [-0.1, -0.05) is 5.11 Å². The monoisotopic (exact) mass is 255 g/mol. The maximum absolute atomic E-state index is 10.6. The van der Waals surface area contributed by atoms with Gasteiger partial charge in [0.2, 0.25) is 11.8 Å². The first kappa shape index (κ1) is 14.3. The number of rotatable bonds is 3. The van der Waals surface area contributed by atoms with E-state index in [4.69, 9.17) is 10.6 Å². The van der Waals surface area contributed by atoms with Crippen LogP contribution in [-0.2, 0) is 9.59 Å². The van der Waals surface area contributed by atoms with Crippen molar-refractivity contribution < 1.29 is 14.7 Å². The standard InChI is InChI=1S/C5H8N4O.C5H9NO2/c6-9-7-3-4-1-2-5(10)8-4;7-3-4-1-2-5(8)6-4/h4H,1-3H2,(H,8,10);4,7H,1-3H2,(H,6,8)/t2*4-/m11/s1. The fourth-order valence-corrected chi connectivity index (χ4v) is 1.76. The van der Waals surface area contributed by atoms with Crippen molar-refractivity contribution in [1.29, 1.82) is 0 Å². The number of nitrogens with zero attached hydrogens (tertiary/aromatic N) is 3. The van der Waals surface area contributed by atoms with E-state index in [1.54, 1.807) is 0 Å². The SMILES string of the molecule is O=C1CC[C@H](CO)N1.[N-]=[N+]=NC[C@H]1CCC(=O)N1. The first-order chi connectivity index (χ1) is 8.65. The van der Waals surface area contributed by atoms with Crippen molar-refractivity contribution in [3.8, 4) is 0 Å². The minimum Gasteiger partial charge on any atom is -0.394 e. The number of aliphatic hydroxyl groups is 1. The van der Waals surface area contributed by atoms with E-state index in [0.29, 0.717) is 19.4 Å². The van der Waals surface area contributed by atoms with E-state index in [-0.39, 0.29) is 30.5 Å². The number of carbonyl (C=O) groups is 2. The maximum Gasteiger partial charge on any atom is 0.220 e. The van der Waals surface area contributed by atoms with E-state index in [0.717, 1.165) is 12.8 Å². The Morgan fingerprint density at radius 3 is 2.11 bits per heavy atom. The molecule has 2 rings (SSSR count). The molecule has 8 heteroatoms. The molecule has 0 saturated carbocycles. The molecule has 100 valence electrons. The second kappa shape index (κ2) is 7.52. The summed E-state index contributed by atoms with van der Waals surface area (Å²) < 4.78 is 0. The molecule has 8 nitrogen and oxygen atoms in total. The molecule has 2 aliphatic heterocycles. The highest BCUT2D eigenvalue weighted by Crippen LogP contribution is 2.06. The van der Waals surface area contributed by atoms with Gasteiger partial charge in [-0.3, -0.25) is 9.59 Å². The minimum atomic E-state index is 0.0301. The van der Waals surface area contributed by atoms with Crippen LogP contribution in [0.3, 0.4) is 0 Å². The summed E-state index contributed by atoms with van der Waals surface area (Å²) in [5.41, 5.74) is 7.94. The van der Waals surface area contributed by atoms with Crippen molar-refractivity contribution in [1.82, 2.24) is 10.6 Å². The summed E-state index contributed by atoms with van der Waals surface area (Å²) in [7, 11) is 0. The van der Waals surface area contributed by atoms with E-state index in [1.165, 1.54) is 0 Å². The van der Waals surface area contributed by atoms with E-state index in [9.17, 15) is 9.59 Å². The molecule has 0 bridgehead atoms. The third-order valence-electron chi connectivity index (χ3n) is 2.76. The van der Waals surface area contributed by atoms with Gasteiger partial charge in [0.15, 0.2) is 0 Å². The van der Waals surface area contributed by atoms with Crippen LogP contribution in [0, 0.1) is 0 Å². The van der Waals surface area contributed by atoms with Crippen LogP contribution in [0.1, 0.15) is 25.7 Å². The van der Waals surface area contributed by atoms with Crippen LogP contribution in [0.25, 0.3) is 10.4 Å². The normalized spacial score (nSPS) is 25.6. The summed E-state index contributed by atoms with van der Waals surface area (Å²) in [6, 6.07) is 0.103. The summed E-state index contributed by atoms with van der Waals surface area (Å²) in [5.74, 6) is 0.113. The van der Waals surface area contributed by atoms with E-state index in [2.05, 4.69) is 20.7 Å². The Morgan fingerprint density at radius 2 is 1.78 bits per heavy atom. The van der Waals surface area contributed by atoms with Crippen molar-refractivity contribution in [2.75, 3.05) is 13.2 Å². The van der Waals surface area contributed by atoms with Crippen LogP contribution >= 0.6 is 0 Å². The maximum atomic E-state index is 10.6. The zero-order valence-corrected chi connectivity index (χ0v) is 10.0. The topological polar surface area (TPSA) is 127 Å². The second-order valence-corrected chi connectivity index (χ2v) is 4.20. The molecule has 18 heavy (non-hydrogen) atoms. The molecular formula is C10H17N5O3. The predicted molar refractivity (Wildman–Crippen MR) is 63.4 cm³/mol. The van der Waals surface area contributed by atoms with Crippen LogP contribution in [0.15, 0.2) is 5.11 Å². The zero-order valence-electron chi connectivity index (χ0n) is 10.0. The quantitative estimate of drug-likeness (QED) is 0.368. The molecule has 0 aromatic carbocycles. The number of amides is 2. The van der Waals surface area contributed by atoms with Gasteiger partial charge < -0.3 is 15.7 Å². The van der Waals surface area contributed by atoms with Gasteiger partial charge in [-0.05, 0) is 18.4 Å². The number of nitrogens with one attached hydrogen (secondary N) is 2. The minimum absolute atomic E-state index is 0.0301. The van der Waals surface area contributed by atoms with Crippen molar-refractivity contribution in [2.24, 2.45) is 5.11 Å². The molecule has 0 radical (unpaired) electrons. The Balaban J connectivity index is 0.000000184. The van der Waals surface area contributed by atoms with Crippen molar-refractivity contribution in [3.05, 3.63) is 10.4 Å². The molecule has 0 aromatic heterocycles. The third-order valence-corrected chi connectivity index (χ3v) is 2.76. The molecule has 0 aromatic rings. The molecule has 2 amide bonds. The summed E-state index contributed by atoms with van der Waals surface area (Å²) in [5, 5.41) is 17.1. The Kier molecular flexibility index (Phi) is 5.96. The molecule has 3 N–H and O–H groups in total. The van der Waals surface area contributed by atoms with Gasteiger partial charge in [-0.2, -0.15) is 0 Å². The molecule has 2 aliphatic rings. The number of aliphatic hydroxyl groups excluding tert-OH is 1. The van der Waals surface area contributed by atoms with Crippen LogP contribution in [0.2, 0.25) is 0 Å². The van der Waals surface area contributed by atoms with Gasteiger partial charge in [-0.25, -0.2) is 0 Å². The predicted octanol–water partition coefficient (Wildman–Crippen LogP) is -0.167. The molecule has 0 aliphatic carbocycles. The van der Waals surface area contributed by atoms with Crippen molar-refractivity contribution >= 4 is 11.8 Å². The van der Waals surface area contributed by atoms with Crippen LogP contribution in [0.5, 0.6) is 0 Å². The van der Waals surface area contributed by atoms with E-state index < -0.39 is 0 Å². The Morgan fingerprint density at radius 1 is 1.22 bits per heavy atom. The van der Waals surface area contributed by atoms with Gasteiger partial charge in [0.1, 0.15) is 0 Å². The molecule has 2 saturated heterocycles. The van der Waals surface area contributed by atoms with Crippen LogP contribution in [0.4, 0.5) is 0 Å². The van der Waals surface area contributed by atoms with Gasteiger partial charge in [0.05, 0.1) is 12.6 Å². The highest BCUT2D eigenvalue weighted by molar-refractivity contribution is 5.78. The lowest BCUT2D eigenvalue weighted by atomic mass is 10.2. The summed E-state index contributed by atoms with van der Waals surface area (Å²) in [6.07, 6.45) is 2.71. The lowest BCUT2D eigenvalue weighted by Gasteiger charge is -2.02. The fourth-order valence-electron chi connectivity index (χ4n) is 1.76. The molecular weight excluding hydrogens is 238 g/mol. The van der Waals surface area contributed by atoms with Crippen molar-refractivity contribution in [2.45, 2.75) is 37.8 Å². The van der Waals surface area contributed by atoms with E-state index in [1.807, 2.05) is 0 Å². The van der Waals surface area contributed by atoms with Gasteiger partial charge in [0.25, 0.3) is 0 Å². The zero-order chi connectivity index (χ0) is 13.4. The molecule has 2 atom stereocenters. The summed E-state index contributed by atoms with van der Waals surface area (Å²) >= 11 is 0. The largest absolute Gasteiger partial charge is 0.394 e. The first-order valence-electron chi connectivity index (χ1n) is 5.86. The Hall–Kier alpha value is -1.79. The van der Waals surface area contributed by atoms with Gasteiger partial charge in [-0.15, -0.1) is 0 Å². The molecule has 2 fully saturated rings. The third kappa shape index (κ3) is 5.03. The van der Waals surface area contributed by atoms with E-state index >= 15 is 0 Å². The number of hydrogen-bond donors (Lipinski definition) is 3. The second-order valence-electron chi connectivity index (χ2n) is 4.20. The van der Waals surface area contributed by atoms with Crippen molar-refractivity contribution in [3.63, 3.8) is 0 Å². The molecule has 2 heterocycles. The highest BCUT2D eigenvalue weighted by Gasteiger charge is 2.19.